The molecule has 2 aliphatic heterocycles. The third kappa shape index (κ3) is 4.22. The number of hydrazone groups is 1. The van der Waals surface area contributed by atoms with Crippen molar-refractivity contribution in [3.63, 3.8) is 0 Å². The van der Waals surface area contributed by atoms with Crippen LogP contribution < -0.4 is 0 Å². The van der Waals surface area contributed by atoms with Gasteiger partial charge in [-0.2, -0.15) is 10.1 Å². The number of aromatic nitrogens is 2. The number of guanidine groups is 1. The van der Waals surface area contributed by atoms with E-state index < -0.39 is 0 Å². The lowest BCUT2D eigenvalue weighted by molar-refractivity contribution is 0.305. The van der Waals surface area contributed by atoms with Gasteiger partial charge >= 0.3 is 0 Å². The summed E-state index contributed by atoms with van der Waals surface area (Å²) < 4.78 is 0. The fraction of sp³-hybridized carbons (Fsp3) is 0.304. The molecule has 158 valence electrons. The third-order valence-electron chi connectivity index (χ3n) is 5.44. The Balaban J connectivity index is 1.55. The van der Waals surface area contributed by atoms with Crippen LogP contribution in [0.25, 0.3) is 0 Å². The number of rotatable bonds is 2. The van der Waals surface area contributed by atoms with Crippen LogP contribution in [0.15, 0.2) is 58.6 Å². The summed E-state index contributed by atoms with van der Waals surface area (Å²) in [6, 6.07) is 17.3. The molecule has 31 heavy (non-hydrogen) atoms. The molecule has 3 aromatic rings. The summed E-state index contributed by atoms with van der Waals surface area (Å²) in [6.45, 7) is 7.83. The summed E-state index contributed by atoms with van der Waals surface area (Å²) in [5, 5.41) is 18.0. The molecule has 0 bridgehead atoms. The Morgan fingerprint density at radius 1 is 1.00 bits per heavy atom. The molecule has 6 nitrogen and oxygen atoms in total. The van der Waals surface area contributed by atoms with E-state index in [1.54, 1.807) is 11.8 Å². The summed E-state index contributed by atoms with van der Waals surface area (Å²) >= 11 is 3.27. The summed E-state index contributed by atoms with van der Waals surface area (Å²) in [7, 11) is 0. The summed E-state index contributed by atoms with van der Waals surface area (Å²) in [4.78, 5) is 7.30. The van der Waals surface area contributed by atoms with Crippen LogP contribution in [-0.4, -0.2) is 37.7 Å². The van der Waals surface area contributed by atoms with Gasteiger partial charge in [-0.25, -0.2) is 5.01 Å². The number of benzene rings is 2. The van der Waals surface area contributed by atoms with Crippen molar-refractivity contribution in [2.24, 2.45) is 10.1 Å². The van der Waals surface area contributed by atoms with Crippen LogP contribution in [0.2, 0.25) is 0 Å². The predicted octanol–water partition coefficient (Wildman–Crippen LogP) is 5.28. The van der Waals surface area contributed by atoms with Gasteiger partial charge in [0.1, 0.15) is 10.4 Å². The van der Waals surface area contributed by atoms with E-state index in [4.69, 9.17) is 10.1 Å². The number of aryl methyl sites for hydroxylation is 2. The van der Waals surface area contributed by atoms with Gasteiger partial charge in [0.25, 0.3) is 0 Å². The van der Waals surface area contributed by atoms with Crippen molar-refractivity contribution in [1.82, 2.24) is 20.1 Å². The highest BCUT2D eigenvalue weighted by Gasteiger charge is 2.34. The molecule has 0 saturated carbocycles. The maximum atomic E-state index is 4.98. The van der Waals surface area contributed by atoms with Gasteiger partial charge in [-0.05, 0) is 43.9 Å². The largest absolute Gasteiger partial charge is 0.336 e. The lowest BCUT2D eigenvalue weighted by Gasteiger charge is -2.35. The highest BCUT2D eigenvalue weighted by atomic mass is 32.2. The Labute approximate surface area is 190 Å². The Hall–Kier alpha value is -2.71. The topological polar surface area (TPSA) is 57.0 Å². The van der Waals surface area contributed by atoms with Crippen LogP contribution in [0.3, 0.4) is 0 Å². The molecule has 0 saturated heterocycles. The molecule has 5 rings (SSSR count). The van der Waals surface area contributed by atoms with Gasteiger partial charge < -0.3 is 4.90 Å². The first kappa shape index (κ1) is 20.2. The maximum Gasteiger partial charge on any atom is 0.234 e. The van der Waals surface area contributed by atoms with Gasteiger partial charge in [-0.3, -0.25) is 0 Å². The molecule has 3 heterocycles. The standard InChI is InChI=1S/C23H24N6S2/c1-15-8-10-19(11-9-15)21-29(27-17(3)30-21)23(24-22-26-25-16(2)31-22)28-13-12-18-6-4-5-7-20(18)14-28/h4-11,21H,12-14H2,1-3H3/t21-/m0/s1. The van der Waals surface area contributed by atoms with E-state index in [9.17, 15) is 0 Å². The van der Waals surface area contributed by atoms with Gasteiger partial charge in [0.15, 0.2) is 0 Å². The minimum Gasteiger partial charge on any atom is -0.336 e. The van der Waals surface area contributed by atoms with Crippen molar-refractivity contribution in [3.8, 4) is 0 Å². The molecule has 1 atom stereocenters. The van der Waals surface area contributed by atoms with Crippen molar-refractivity contribution in [1.29, 1.82) is 0 Å². The highest BCUT2D eigenvalue weighted by molar-refractivity contribution is 8.14. The zero-order valence-electron chi connectivity index (χ0n) is 17.8. The molecule has 8 heteroatoms. The Morgan fingerprint density at radius 3 is 2.52 bits per heavy atom. The zero-order chi connectivity index (χ0) is 21.4. The lowest BCUT2D eigenvalue weighted by atomic mass is 10.0. The third-order valence-corrected chi connectivity index (χ3v) is 7.30. The van der Waals surface area contributed by atoms with E-state index in [-0.39, 0.29) is 5.37 Å². The number of nitrogens with zero attached hydrogens (tertiary/aromatic N) is 6. The number of thioether (sulfide) groups is 1. The molecule has 0 amide bonds. The minimum absolute atomic E-state index is 0.0468. The Bertz CT molecular complexity index is 1150. The van der Waals surface area contributed by atoms with Crippen LogP contribution in [0.5, 0.6) is 0 Å². The number of aliphatic imine (C=N–C) groups is 1. The van der Waals surface area contributed by atoms with Crippen LogP contribution in [0, 0.1) is 13.8 Å². The molecular formula is C23H24N6S2. The van der Waals surface area contributed by atoms with E-state index in [1.165, 1.54) is 33.6 Å². The Morgan fingerprint density at radius 2 is 1.77 bits per heavy atom. The molecule has 0 unspecified atom stereocenters. The van der Waals surface area contributed by atoms with Crippen molar-refractivity contribution in [3.05, 3.63) is 75.8 Å². The van der Waals surface area contributed by atoms with E-state index in [0.717, 1.165) is 35.5 Å². The van der Waals surface area contributed by atoms with Crippen LogP contribution in [-0.2, 0) is 13.0 Å². The number of fused-ring (bicyclic) bond motifs is 1. The average Bonchev–Trinajstić information content (AvgIpc) is 3.37. The first-order chi connectivity index (χ1) is 15.1. The second-order valence-electron chi connectivity index (χ2n) is 7.80. The second kappa shape index (κ2) is 8.43. The van der Waals surface area contributed by atoms with Crippen LogP contribution >= 0.6 is 23.1 Å². The molecule has 0 aliphatic carbocycles. The summed E-state index contributed by atoms with van der Waals surface area (Å²) in [6.07, 6.45) is 0.989. The van der Waals surface area contributed by atoms with E-state index in [2.05, 4.69) is 82.5 Å². The predicted molar refractivity (Wildman–Crippen MR) is 129 cm³/mol. The van der Waals surface area contributed by atoms with Crippen molar-refractivity contribution < 1.29 is 0 Å². The van der Waals surface area contributed by atoms with Crippen LogP contribution in [0.1, 0.15) is 39.6 Å². The van der Waals surface area contributed by atoms with Gasteiger partial charge in [0, 0.05) is 13.1 Å². The summed E-state index contributed by atoms with van der Waals surface area (Å²) in [5.74, 6) is 0.834. The van der Waals surface area contributed by atoms with E-state index >= 15 is 0 Å². The number of hydrogen-bond acceptors (Lipinski definition) is 6. The highest BCUT2D eigenvalue weighted by Crippen LogP contribution is 2.41. The van der Waals surface area contributed by atoms with Gasteiger partial charge in [-0.15, -0.1) is 10.2 Å². The fourth-order valence-corrected chi connectivity index (χ4v) is 5.43. The Kier molecular flexibility index (Phi) is 5.50. The first-order valence-electron chi connectivity index (χ1n) is 10.3. The molecule has 2 aromatic carbocycles. The van der Waals surface area contributed by atoms with E-state index in [0.29, 0.717) is 5.13 Å². The molecule has 2 aliphatic rings. The number of hydrogen-bond donors (Lipinski definition) is 0. The monoisotopic (exact) mass is 448 g/mol. The van der Waals surface area contributed by atoms with Crippen molar-refractivity contribution in [2.75, 3.05) is 6.54 Å². The molecule has 0 radical (unpaired) electrons. The molecule has 0 fully saturated rings. The molecule has 0 spiro atoms. The summed E-state index contributed by atoms with van der Waals surface area (Å²) in [5.41, 5.74) is 5.22. The average molecular weight is 449 g/mol. The molecular weight excluding hydrogens is 424 g/mol. The van der Waals surface area contributed by atoms with Gasteiger partial charge in [-0.1, -0.05) is 77.2 Å². The lowest BCUT2D eigenvalue weighted by Crippen LogP contribution is -2.44. The van der Waals surface area contributed by atoms with Crippen LogP contribution in [0.4, 0.5) is 5.13 Å². The SMILES string of the molecule is CC1=NN(C(=Nc2nnc(C)s2)N2CCc3ccccc3C2)[C@H](c2ccc(C)cc2)S1. The fourth-order valence-electron chi connectivity index (χ4n) is 3.88. The zero-order valence-corrected chi connectivity index (χ0v) is 19.5. The second-order valence-corrected chi connectivity index (χ2v) is 10.2. The van der Waals surface area contributed by atoms with Crippen molar-refractivity contribution >= 4 is 39.2 Å². The molecule has 1 aromatic heterocycles. The minimum atomic E-state index is 0.0468. The maximum absolute atomic E-state index is 4.98. The smallest absolute Gasteiger partial charge is 0.234 e. The van der Waals surface area contributed by atoms with E-state index in [1.807, 2.05) is 6.92 Å². The quantitative estimate of drug-likeness (QED) is 0.394. The first-order valence-corrected chi connectivity index (χ1v) is 12.0. The normalized spacial score (nSPS) is 18.9. The van der Waals surface area contributed by atoms with Gasteiger partial charge in [0.2, 0.25) is 11.1 Å². The molecule has 0 N–H and O–H groups in total. The van der Waals surface area contributed by atoms with Gasteiger partial charge in [0.05, 0.1) is 5.04 Å². The van der Waals surface area contributed by atoms with Crippen molar-refractivity contribution in [2.45, 2.75) is 39.1 Å².